The monoisotopic (exact) mass is 363 g/mol. The average molecular weight is 363 g/mol. The highest BCUT2D eigenvalue weighted by molar-refractivity contribution is 7.99. The number of amides is 1. The van der Waals surface area contributed by atoms with Crippen molar-refractivity contribution in [3.05, 3.63) is 30.1 Å². The fraction of sp³-hybridized carbons (Fsp3) is 0.471. The number of thioether (sulfide) groups is 1. The summed E-state index contributed by atoms with van der Waals surface area (Å²) in [7, 11) is 0. The molecule has 0 unspecified atom stereocenters. The molecule has 134 valence electrons. The summed E-state index contributed by atoms with van der Waals surface area (Å²) in [4.78, 5) is 14.5. The van der Waals surface area contributed by atoms with Crippen LogP contribution in [0.5, 0.6) is 0 Å². The van der Waals surface area contributed by atoms with E-state index in [4.69, 9.17) is 5.84 Å². The summed E-state index contributed by atoms with van der Waals surface area (Å²) in [5.41, 5.74) is 0.551. The Labute approximate surface area is 150 Å². The van der Waals surface area contributed by atoms with Gasteiger partial charge in [-0.1, -0.05) is 30.8 Å². The van der Waals surface area contributed by atoms with Crippen molar-refractivity contribution in [2.75, 3.05) is 18.1 Å². The molecule has 1 aliphatic rings. The van der Waals surface area contributed by atoms with E-state index in [1.165, 1.54) is 35.0 Å². The van der Waals surface area contributed by atoms with Gasteiger partial charge in [-0.3, -0.25) is 4.79 Å². The van der Waals surface area contributed by atoms with Gasteiger partial charge in [0.15, 0.2) is 5.82 Å². The number of benzene rings is 1. The molecule has 1 fully saturated rings. The number of aromatic nitrogens is 3. The van der Waals surface area contributed by atoms with Gasteiger partial charge in [-0.2, -0.15) is 0 Å². The largest absolute Gasteiger partial charge is 0.339 e. The van der Waals surface area contributed by atoms with E-state index in [2.05, 4.69) is 17.1 Å². The van der Waals surface area contributed by atoms with Crippen LogP contribution in [0.1, 0.15) is 32.6 Å². The Morgan fingerprint density at radius 3 is 3.00 bits per heavy atom. The van der Waals surface area contributed by atoms with E-state index < -0.39 is 0 Å². The lowest BCUT2D eigenvalue weighted by atomic mass is 10.0. The average Bonchev–Trinajstić information content (AvgIpc) is 3.00. The minimum Gasteiger partial charge on any atom is -0.339 e. The third-order valence-electron chi connectivity index (χ3n) is 4.49. The van der Waals surface area contributed by atoms with Gasteiger partial charge >= 0.3 is 0 Å². The number of hydrogen-bond acceptors (Lipinski definition) is 5. The summed E-state index contributed by atoms with van der Waals surface area (Å²) in [6.07, 6.45) is 4.30. The lowest BCUT2D eigenvalue weighted by Crippen LogP contribution is -2.44. The molecule has 1 amide bonds. The normalized spacial score (nSPS) is 17.7. The fourth-order valence-corrected chi connectivity index (χ4v) is 3.90. The second-order valence-corrected chi connectivity index (χ2v) is 7.06. The number of nitrogens with zero attached hydrogens (tertiary/aromatic N) is 4. The summed E-state index contributed by atoms with van der Waals surface area (Å²) in [6.45, 7) is 2.94. The first-order valence-electron chi connectivity index (χ1n) is 8.49. The standard InChI is InChI=1S/C17H22FN5OS/c1-2-14-8-3-4-9-22(14)15(24)11-25-17-21-20-16(23(17)19)12-6-5-7-13(18)10-12/h5-7,10,14H,2-4,8-9,11,19H2,1H3/t14-/m1/s1. The highest BCUT2D eigenvalue weighted by atomic mass is 32.2. The van der Waals surface area contributed by atoms with Crippen molar-refractivity contribution in [2.24, 2.45) is 0 Å². The Morgan fingerprint density at radius 1 is 1.40 bits per heavy atom. The van der Waals surface area contributed by atoms with E-state index in [0.717, 1.165) is 25.8 Å². The predicted molar refractivity (Wildman–Crippen MR) is 95.9 cm³/mol. The Kier molecular flexibility index (Phi) is 5.57. The van der Waals surface area contributed by atoms with Crippen molar-refractivity contribution in [3.8, 4) is 11.4 Å². The number of hydrogen-bond donors (Lipinski definition) is 1. The molecular weight excluding hydrogens is 341 g/mol. The first-order chi connectivity index (χ1) is 12.1. The van der Waals surface area contributed by atoms with Gasteiger partial charge in [-0.05, 0) is 37.8 Å². The second-order valence-electron chi connectivity index (χ2n) is 6.12. The van der Waals surface area contributed by atoms with E-state index in [9.17, 15) is 9.18 Å². The van der Waals surface area contributed by atoms with E-state index in [1.54, 1.807) is 12.1 Å². The van der Waals surface area contributed by atoms with E-state index in [-0.39, 0.29) is 17.5 Å². The lowest BCUT2D eigenvalue weighted by molar-refractivity contribution is -0.132. The van der Waals surface area contributed by atoms with Crippen LogP contribution in [0.15, 0.2) is 29.4 Å². The smallest absolute Gasteiger partial charge is 0.233 e. The van der Waals surface area contributed by atoms with Crippen LogP contribution in [0, 0.1) is 5.82 Å². The van der Waals surface area contributed by atoms with Crippen molar-refractivity contribution in [3.63, 3.8) is 0 Å². The van der Waals surface area contributed by atoms with Gasteiger partial charge in [0, 0.05) is 18.2 Å². The maximum atomic E-state index is 13.4. The van der Waals surface area contributed by atoms with Gasteiger partial charge < -0.3 is 10.7 Å². The zero-order valence-electron chi connectivity index (χ0n) is 14.2. The number of rotatable bonds is 5. The number of piperidine rings is 1. The molecule has 0 radical (unpaired) electrons. The van der Waals surface area contributed by atoms with Crippen LogP contribution in [-0.2, 0) is 4.79 Å². The predicted octanol–water partition coefficient (Wildman–Crippen LogP) is 2.68. The first-order valence-corrected chi connectivity index (χ1v) is 9.47. The SMILES string of the molecule is CC[C@@H]1CCCCN1C(=O)CSc1nnc(-c2cccc(F)c2)n1N. The molecule has 0 saturated carbocycles. The zero-order chi connectivity index (χ0) is 17.8. The second kappa shape index (κ2) is 7.86. The Bertz CT molecular complexity index is 750. The van der Waals surface area contributed by atoms with E-state index in [1.807, 2.05) is 4.90 Å². The van der Waals surface area contributed by atoms with Crippen molar-refractivity contribution in [2.45, 2.75) is 43.8 Å². The Hall–Kier alpha value is -2.09. The van der Waals surface area contributed by atoms with E-state index >= 15 is 0 Å². The number of carbonyl (C=O) groups is 1. The number of nitrogen functional groups attached to an aromatic ring is 1. The number of halogens is 1. The van der Waals surface area contributed by atoms with Crippen LogP contribution in [0.3, 0.4) is 0 Å². The molecule has 2 aromatic rings. The molecule has 0 aliphatic carbocycles. The van der Waals surface area contributed by atoms with Crippen molar-refractivity contribution < 1.29 is 9.18 Å². The molecule has 25 heavy (non-hydrogen) atoms. The van der Waals surface area contributed by atoms with Crippen LogP contribution in [0.25, 0.3) is 11.4 Å². The number of likely N-dealkylation sites (tertiary alicyclic amines) is 1. The topological polar surface area (TPSA) is 77.0 Å². The maximum Gasteiger partial charge on any atom is 0.233 e. The minimum atomic E-state index is -0.361. The molecule has 1 atom stereocenters. The molecule has 8 heteroatoms. The molecule has 2 heterocycles. The highest BCUT2D eigenvalue weighted by Gasteiger charge is 2.25. The molecule has 1 saturated heterocycles. The quantitative estimate of drug-likeness (QED) is 0.653. The van der Waals surface area contributed by atoms with E-state index in [0.29, 0.717) is 22.6 Å². The zero-order valence-corrected chi connectivity index (χ0v) is 15.0. The molecule has 1 aromatic heterocycles. The fourth-order valence-electron chi connectivity index (χ4n) is 3.16. The molecule has 1 aliphatic heterocycles. The van der Waals surface area contributed by atoms with Crippen LogP contribution in [-0.4, -0.2) is 44.0 Å². The van der Waals surface area contributed by atoms with Crippen LogP contribution in [0.4, 0.5) is 4.39 Å². The Balaban J connectivity index is 1.67. The summed E-state index contributed by atoms with van der Waals surface area (Å²) in [5.74, 6) is 6.42. The van der Waals surface area contributed by atoms with Gasteiger partial charge in [0.25, 0.3) is 0 Å². The molecule has 2 N–H and O–H groups in total. The van der Waals surface area contributed by atoms with Gasteiger partial charge in [0.2, 0.25) is 11.1 Å². The van der Waals surface area contributed by atoms with Crippen LogP contribution >= 0.6 is 11.8 Å². The number of carbonyl (C=O) groups excluding carboxylic acids is 1. The molecule has 0 bridgehead atoms. The third kappa shape index (κ3) is 3.95. The molecule has 0 spiro atoms. The van der Waals surface area contributed by atoms with Crippen molar-refractivity contribution >= 4 is 17.7 Å². The van der Waals surface area contributed by atoms with Gasteiger partial charge in [-0.25, -0.2) is 9.07 Å². The summed E-state index contributed by atoms with van der Waals surface area (Å²) in [6, 6.07) is 6.36. The molecule has 6 nitrogen and oxygen atoms in total. The molecule has 1 aromatic carbocycles. The summed E-state index contributed by atoms with van der Waals surface area (Å²) < 4.78 is 14.7. The third-order valence-corrected chi connectivity index (χ3v) is 5.42. The van der Waals surface area contributed by atoms with Gasteiger partial charge in [0.05, 0.1) is 5.75 Å². The van der Waals surface area contributed by atoms with Crippen molar-refractivity contribution in [1.82, 2.24) is 19.8 Å². The van der Waals surface area contributed by atoms with Crippen LogP contribution < -0.4 is 5.84 Å². The Morgan fingerprint density at radius 2 is 2.24 bits per heavy atom. The lowest BCUT2D eigenvalue weighted by Gasteiger charge is -2.35. The van der Waals surface area contributed by atoms with Gasteiger partial charge in [0.1, 0.15) is 5.82 Å². The highest BCUT2D eigenvalue weighted by Crippen LogP contribution is 2.24. The molecular formula is C17H22FN5OS. The van der Waals surface area contributed by atoms with Gasteiger partial charge in [-0.15, -0.1) is 10.2 Å². The number of nitrogens with two attached hydrogens (primary N) is 1. The van der Waals surface area contributed by atoms with Crippen molar-refractivity contribution in [1.29, 1.82) is 0 Å². The minimum absolute atomic E-state index is 0.104. The van der Waals surface area contributed by atoms with Crippen LogP contribution in [0.2, 0.25) is 0 Å². The summed E-state index contributed by atoms with van der Waals surface area (Å²) >= 11 is 1.26. The molecule has 3 rings (SSSR count). The maximum absolute atomic E-state index is 13.4. The first kappa shape index (κ1) is 17.7. The summed E-state index contributed by atoms with van der Waals surface area (Å²) in [5, 5.41) is 8.50.